The summed E-state index contributed by atoms with van der Waals surface area (Å²) in [6.07, 6.45) is -1.07. The molecule has 1 aromatic heterocycles. The van der Waals surface area contributed by atoms with Gasteiger partial charge in [-0.3, -0.25) is 4.79 Å². The fourth-order valence-corrected chi connectivity index (χ4v) is 3.68. The largest absolute Gasteiger partial charge is 0.548 e. The van der Waals surface area contributed by atoms with E-state index in [4.69, 9.17) is 9.15 Å². The summed E-state index contributed by atoms with van der Waals surface area (Å²) in [5, 5.41) is 24.0. The topological polar surface area (TPSA) is 129 Å². The van der Waals surface area contributed by atoms with Crippen LogP contribution in [0.15, 0.2) is 88.1 Å². The normalized spacial score (nSPS) is 12.6. The zero-order valence-electron chi connectivity index (χ0n) is 18.8. The average molecular weight is 472 g/mol. The molecule has 0 aliphatic heterocycles. The van der Waals surface area contributed by atoms with Crippen molar-refractivity contribution >= 4 is 22.8 Å². The minimum absolute atomic E-state index is 0.0233. The van der Waals surface area contributed by atoms with Gasteiger partial charge in [0.1, 0.15) is 17.1 Å². The Hall–Kier alpha value is -4.59. The molecule has 2 N–H and O–H groups in total. The van der Waals surface area contributed by atoms with E-state index in [1.807, 2.05) is 30.3 Å². The summed E-state index contributed by atoms with van der Waals surface area (Å²) in [6, 6.07) is 20.4. The maximum absolute atomic E-state index is 12.6. The van der Waals surface area contributed by atoms with Crippen molar-refractivity contribution in [1.29, 1.82) is 0 Å². The highest BCUT2D eigenvalue weighted by Crippen LogP contribution is 2.29. The first kappa shape index (κ1) is 23.6. The third-order valence-corrected chi connectivity index (χ3v) is 5.46. The van der Waals surface area contributed by atoms with Gasteiger partial charge in [0.15, 0.2) is 6.10 Å². The van der Waals surface area contributed by atoms with Crippen LogP contribution in [0.3, 0.4) is 0 Å². The number of ether oxygens (including phenoxy) is 1. The summed E-state index contributed by atoms with van der Waals surface area (Å²) in [5.74, 6) is -1.78. The number of hydrogen-bond acceptors (Lipinski definition) is 7. The lowest BCUT2D eigenvalue weighted by atomic mass is 10.0. The molecular formula is C27H22NO7-. The van der Waals surface area contributed by atoms with Crippen LogP contribution in [0.25, 0.3) is 22.1 Å². The molecule has 4 rings (SSSR count). The Bertz CT molecular complexity index is 1410. The van der Waals surface area contributed by atoms with Crippen molar-refractivity contribution < 1.29 is 29.0 Å². The fourth-order valence-electron chi connectivity index (χ4n) is 3.68. The Morgan fingerprint density at radius 3 is 2.43 bits per heavy atom. The highest BCUT2D eigenvalue weighted by molar-refractivity contribution is 5.94. The van der Waals surface area contributed by atoms with Crippen molar-refractivity contribution in [2.45, 2.75) is 25.5 Å². The second-order valence-electron chi connectivity index (χ2n) is 8.01. The van der Waals surface area contributed by atoms with Crippen LogP contribution in [0.4, 0.5) is 0 Å². The molecule has 178 valence electrons. The molecular weight excluding hydrogens is 450 g/mol. The molecule has 0 saturated carbocycles. The summed E-state index contributed by atoms with van der Waals surface area (Å²) in [5.41, 5.74) is 1.94. The van der Waals surface area contributed by atoms with Gasteiger partial charge in [-0.1, -0.05) is 42.5 Å². The minimum Gasteiger partial charge on any atom is -0.548 e. The van der Waals surface area contributed by atoms with Gasteiger partial charge in [-0.05, 0) is 54.3 Å². The number of carboxylic acid groups (broad SMARTS) is 1. The van der Waals surface area contributed by atoms with Gasteiger partial charge in [0.2, 0.25) is 0 Å². The number of benzene rings is 3. The van der Waals surface area contributed by atoms with E-state index in [-0.39, 0.29) is 17.9 Å². The Balaban J connectivity index is 1.50. The van der Waals surface area contributed by atoms with E-state index < -0.39 is 29.6 Å². The van der Waals surface area contributed by atoms with Gasteiger partial charge in [-0.2, -0.15) is 0 Å². The molecule has 0 bridgehead atoms. The van der Waals surface area contributed by atoms with Crippen molar-refractivity contribution in [1.82, 2.24) is 5.32 Å². The van der Waals surface area contributed by atoms with Gasteiger partial charge in [0, 0.05) is 17.5 Å². The lowest BCUT2D eigenvalue weighted by molar-refractivity contribution is -0.308. The summed E-state index contributed by atoms with van der Waals surface area (Å²) >= 11 is 0. The number of fused-ring (bicyclic) bond motifs is 1. The van der Waals surface area contributed by atoms with Crippen LogP contribution in [-0.2, 0) is 16.0 Å². The molecule has 0 spiro atoms. The monoisotopic (exact) mass is 472 g/mol. The molecule has 1 heterocycles. The van der Waals surface area contributed by atoms with Crippen molar-refractivity contribution in [3.8, 4) is 22.6 Å². The number of carbonyl (C=O) groups is 2. The number of hydrogen-bond donors (Lipinski definition) is 2. The Kier molecular flexibility index (Phi) is 6.82. The van der Waals surface area contributed by atoms with Crippen LogP contribution >= 0.6 is 0 Å². The zero-order valence-corrected chi connectivity index (χ0v) is 18.8. The van der Waals surface area contributed by atoms with E-state index in [2.05, 4.69) is 5.32 Å². The first-order valence-electron chi connectivity index (χ1n) is 10.9. The third-order valence-electron chi connectivity index (χ3n) is 5.46. The van der Waals surface area contributed by atoms with Crippen LogP contribution in [0, 0.1) is 0 Å². The number of phenolic OH excluding ortho intramolecular Hbond substituents is 1. The highest BCUT2D eigenvalue weighted by atomic mass is 16.5. The van der Waals surface area contributed by atoms with Crippen molar-refractivity contribution in [3.63, 3.8) is 0 Å². The number of aromatic hydroxyl groups is 1. The summed E-state index contributed by atoms with van der Waals surface area (Å²) in [7, 11) is 0. The van der Waals surface area contributed by atoms with Crippen LogP contribution in [0.5, 0.6) is 11.5 Å². The van der Waals surface area contributed by atoms with Crippen molar-refractivity contribution in [3.05, 3.63) is 94.8 Å². The smallest absolute Gasteiger partial charge is 0.336 e. The third kappa shape index (κ3) is 5.67. The van der Waals surface area contributed by atoms with Gasteiger partial charge >= 0.3 is 5.63 Å². The van der Waals surface area contributed by atoms with Crippen molar-refractivity contribution in [2.24, 2.45) is 0 Å². The summed E-state index contributed by atoms with van der Waals surface area (Å²) in [4.78, 5) is 36.3. The maximum Gasteiger partial charge on any atom is 0.336 e. The molecule has 0 aliphatic carbocycles. The quantitative estimate of drug-likeness (QED) is 0.377. The van der Waals surface area contributed by atoms with Crippen molar-refractivity contribution in [2.75, 3.05) is 0 Å². The average Bonchev–Trinajstić information content (AvgIpc) is 2.84. The summed E-state index contributed by atoms with van der Waals surface area (Å²) < 4.78 is 11.0. The Labute approximate surface area is 200 Å². The molecule has 4 aromatic rings. The lowest BCUT2D eigenvalue weighted by Crippen LogP contribution is -2.52. The van der Waals surface area contributed by atoms with Crippen LogP contribution in [-0.4, -0.2) is 29.1 Å². The molecule has 8 nitrogen and oxygen atoms in total. The minimum atomic E-state index is -1.44. The number of rotatable bonds is 8. The molecule has 3 aromatic carbocycles. The first-order valence-corrected chi connectivity index (χ1v) is 10.9. The first-order chi connectivity index (χ1) is 16.8. The number of aliphatic carboxylic acids is 1. The van der Waals surface area contributed by atoms with E-state index in [1.54, 1.807) is 24.3 Å². The van der Waals surface area contributed by atoms with E-state index in [0.717, 1.165) is 5.56 Å². The molecule has 1 amide bonds. The standard InChI is InChI=1S/C27H23NO7/c1-16(26(31)28-23(27(32)33)13-17-7-9-19(29)10-8-17)34-20-11-12-21-22(18-5-3-2-4-6-18)15-25(30)35-24(21)14-20/h2-12,14-16,23,29H,13H2,1H3,(H,28,31)(H,32,33)/p-1/t16-,23+/m0/s1. The molecule has 35 heavy (non-hydrogen) atoms. The number of carbonyl (C=O) groups excluding carboxylic acids is 2. The van der Waals surface area contributed by atoms with E-state index >= 15 is 0 Å². The van der Waals surface area contributed by atoms with E-state index in [1.165, 1.54) is 31.2 Å². The lowest BCUT2D eigenvalue weighted by Gasteiger charge is -2.22. The molecule has 0 saturated heterocycles. The van der Waals surface area contributed by atoms with Crippen LogP contribution < -0.4 is 20.8 Å². The molecule has 8 heteroatoms. The molecule has 0 fully saturated rings. The van der Waals surface area contributed by atoms with Gasteiger partial charge in [0.05, 0.1) is 12.0 Å². The highest BCUT2D eigenvalue weighted by Gasteiger charge is 2.21. The molecule has 2 atom stereocenters. The van der Waals surface area contributed by atoms with E-state index in [9.17, 15) is 24.6 Å². The van der Waals surface area contributed by atoms with Gasteiger partial charge < -0.3 is 29.5 Å². The number of nitrogens with one attached hydrogen (secondary N) is 1. The second kappa shape index (κ2) is 10.1. The van der Waals surface area contributed by atoms with Gasteiger partial charge in [-0.25, -0.2) is 4.79 Å². The van der Waals surface area contributed by atoms with E-state index in [0.29, 0.717) is 22.1 Å². The SMILES string of the molecule is C[C@H](Oc1ccc2c(-c3ccccc3)cc(=O)oc2c1)C(=O)N[C@H](Cc1ccc(O)cc1)C(=O)[O-]. The predicted octanol–water partition coefficient (Wildman–Crippen LogP) is 2.41. The number of phenols is 1. The fraction of sp³-hybridized carbons (Fsp3) is 0.148. The Morgan fingerprint density at radius 1 is 1.03 bits per heavy atom. The molecule has 0 unspecified atom stereocenters. The summed E-state index contributed by atoms with van der Waals surface area (Å²) in [6.45, 7) is 1.48. The Morgan fingerprint density at radius 2 is 1.74 bits per heavy atom. The maximum atomic E-state index is 12.6. The molecule has 0 radical (unpaired) electrons. The van der Waals surface area contributed by atoms with Crippen LogP contribution in [0.2, 0.25) is 0 Å². The van der Waals surface area contributed by atoms with Gasteiger partial charge in [0.25, 0.3) is 5.91 Å². The predicted molar refractivity (Wildman–Crippen MR) is 127 cm³/mol. The van der Waals surface area contributed by atoms with Gasteiger partial charge in [-0.15, -0.1) is 0 Å². The zero-order chi connectivity index (χ0) is 24.9. The second-order valence-corrected chi connectivity index (χ2v) is 8.01. The number of amides is 1. The number of carboxylic acids is 1. The molecule has 0 aliphatic rings. The van der Waals surface area contributed by atoms with Crippen LogP contribution in [0.1, 0.15) is 12.5 Å².